The number of nitrogens with one attached hydrogen (secondary N) is 1. The average Bonchev–Trinajstić information content (AvgIpc) is 3.15. The second kappa shape index (κ2) is 9.23. The number of ether oxygens (including phenoxy) is 3. The molecular weight excluding hydrogens is 376 g/mol. The standard InChI is InChI=1S/C21H22N2O4S/c1-14-23-17(13-28-14)12-27-18-7-5-16(6-8-18)21(24)22-11-15-4-9-19(25-2)20(10-15)26-3/h4-10,13H,11-12H2,1-3H3,(H,22,24). The van der Waals surface area contributed by atoms with Crippen molar-refractivity contribution < 1.29 is 19.0 Å². The molecule has 0 saturated carbocycles. The Morgan fingerprint density at radius 1 is 1.07 bits per heavy atom. The number of hydrogen-bond acceptors (Lipinski definition) is 6. The van der Waals surface area contributed by atoms with Gasteiger partial charge in [0.1, 0.15) is 12.4 Å². The first kappa shape index (κ1) is 19.7. The molecule has 1 amide bonds. The van der Waals surface area contributed by atoms with Crippen molar-refractivity contribution in [3.05, 3.63) is 69.7 Å². The van der Waals surface area contributed by atoms with Gasteiger partial charge in [0.25, 0.3) is 5.91 Å². The van der Waals surface area contributed by atoms with Gasteiger partial charge in [0.2, 0.25) is 0 Å². The van der Waals surface area contributed by atoms with Crippen LogP contribution in [-0.4, -0.2) is 25.1 Å². The summed E-state index contributed by atoms with van der Waals surface area (Å²) < 4.78 is 16.2. The van der Waals surface area contributed by atoms with Crippen LogP contribution in [0.4, 0.5) is 0 Å². The zero-order valence-corrected chi connectivity index (χ0v) is 16.8. The van der Waals surface area contributed by atoms with Crippen LogP contribution in [0, 0.1) is 6.92 Å². The highest BCUT2D eigenvalue weighted by Crippen LogP contribution is 2.27. The summed E-state index contributed by atoms with van der Waals surface area (Å²) in [4.78, 5) is 16.7. The van der Waals surface area contributed by atoms with E-state index in [1.807, 2.05) is 30.5 Å². The van der Waals surface area contributed by atoms with Crippen LogP contribution in [0.25, 0.3) is 0 Å². The van der Waals surface area contributed by atoms with Crippen LogP contribution in [0.3, 0.4) is 0 Å². The van der Waals surface area contributed by atoms with E-state index in [2.05, 4.69) is 10.3 Å². The maximum absolute atomic E-state index is 12.4. The molecule has 0 saturated heterocycles. The van der Waals surface area contributed by atoms with Gasteiger partial charge in [0.15, 0.2) is 11.5 Å². The quantitative estimate of drug-likeness (QED) is 0.622. The van der Waals surface area contributed by atoms with Gasteiger partial charge < -0.3 is 19.5 Å². The number of nitrogens with zero attached hydrogens (tertiary/aromatic N) is 1. The molecule has 146 valence electrons. The Bertz CT molecular complexity index is 938. The number of aryl methyl sites for hydroxylation is 1. The normalized spacial score (nSPS) is 10.4. The fourth-order valence-electron chi connectivity index (χ4n) is 2.61. The summed E-state index contributed by atoms with van der Waals surface area (Å²) in [6, 6.07) is 12.6. The zero-order chi connectivity index (χ0) is 19.9. The van der Waals surface area contributed by atoms with Gasteiger partial charge in [-0.15, -0.1) is 11.3 Å². The number of rotatable bonds is 8. The maximum atomic E-state index is 12.4. The second-order valence-electron chi connectivity index (χ2n) is 6.04. The Kier molecular flexibility index (Phi) is 6.49. The lowest BCUT2D eigenvalue weighted by Gasteiger charge is -2.11. The molecule has 6 nitrogen and oxygen atoms in total. The van der Waals surface area contributed by atoms with Crippen molar-refractivity contribution in [2.45, 2.75) is 20.1 Å². The molecule has 3 rings (SSSR count). The monoisotopic (exact) mass is 398 g/mol. The predicted octanol–water partition coefficient (Wildman–Crippen LogP) is 3.98. The lowest BCUT2D eigenvalue weighted by atomic mass is 10.1. The number of benzene rings is 2. The van der Waals surface area contributed by atoms with E-state index in [0.29, 0.717) is 36.0 Å². The Labute approximate surface area is 168 Å². The summed E-state index contributed by atoms with van der Waals surface area (Å²) in [5.74, 6) is 1.82. The second-order valence-corrected chi connectivity index (χ2v) is 7.11. The molecule has 1 N–H and O–H groups in total. The van der Waals surface area contributed by atoms with Gasteiger partial charge >= 0.3 is 0 Å². The summed E-state index contributed by atoms with van der Waals surface area (Å²) >= 11 is 1.59. The summed E-state index contributed by atoms with van der Waals surface area (Å²) in [5.41, 5.74) is 2.39. The van der Waals surface area contributed by atoms with Gasteiger partial charge in [0.05, 0.1) is 24.9 Å². The minimum absolute atomic E-state index is 0.156. The molecule has 2 aromatic carbocycles. The van der Waals surface area contributed by atoms with Crippen LogP contribution in [-0.2, 0) is 13.2 Å². The van der Waals surface area contributed by atoms with Gasteiger partial charge in [-0.1, -0.05) is 6.07 Å². The van der Waals surface area contributed by atoms with Gasteiger partial charge in [-0.25, -0.2) is 4.98 Å². The molecule has 0 aliphatic carbocycles. The molecule has 0 aliphatic heterocycles. The molecule has 1 heterocycles. The maximum Gasteiger partial charge on any atom is 0.251 e. The van der Waals surface area contributed by atoms with Crippen LogP contribution >= 0.6 is 11.3 Å². The number of methoxy groups -OCH3 is 2. The van der Waals surface area contributed by atoms with Gasteiger partial charge in [0, 0.05) is 17.5 Å². The SMILES string of the molecule is COc1ccc(CNC(=O)c2ccc(OCc3csc(C)n3)cc2)cc1OC. The minimum atomic E-state index is -0.156. The van der Waals surface area contributed by atoms with Crippen LogP contribution in [0.1, 0.15) is 26.6 Å². The van der Waals surface area contributed by atoms with Gasteiger partial charge in [-0.05, 0) is 48.9 Å². The van der Waals surface area contributed by atoms with Crippen molar-refractivity contribution in [3.63, 3.8) is 0 Å². The Morgan fingerprint density at radius 3 is 2.46 bits per heavy atom. The zero-order valence-electron chi connectivity index (χ0n) is 16.0. The number of carbonyl (C=O) groups excluding carboxylic acids is 1. The first-order valence-corrected chi connectivity index (χ1v) is 9.60. The van der Waals surface area contributed by atoms with E-state index in [-0.39, 0.29) is 5.91 Å². The van der Waals surface area contributed by atoms with E-state index >= 15 is 0 Å². The molecule has 0 spiro atoms. The molecule has 0 unspecified atom stereocenters. The molecule has 0 atom stereocenters. The average molecular weight is 398 g/mol. The molecule has 7 heteroatoms. The van der Waals surface area contributed by atoms with Crippen LogP contribution in [0.15, 0.2) is 47.8 Å². The van der Waals surface area contributed by atoms with Crippen molar-refractivity contribution in [1.29, 1.82) is 0 Å². The molecule has 0 fully saturated rings. The van der Waals surface area contributed by atoms with Crippen molar-refractivity contribution in [2.75, 3.05) is 14.2 Å². The Hall–Kier alpha value is -3.06. The first-order chi connectivity index (χ1) is 13.6. The molecule has 0 bridgehead atoms. The summed E-state index contributed by atoms with van der Waals surface area (Å²) in [5, 5.41) is 5.89. The lowest BCUT2D eigenvalue weighted by Crippen LogP contribution is -2.22. The van der Waals surface area contributed by atoms with E-state index in [9.17, 15) is 4.79 Å². The lowest BCUT2D eigenvalue weighted by molar-refractivity contribution is 0.0951. The minimum Gasteiger partial charge on any atom is -0.493 e. The fourth-order valence-corrected chi connectivity index (χ4v) is 3.21. The van der Waals surface area contributed by atoms with E-state index in [1.54, 1.807) is 49.8 Å². The number of hydrogen-bond donors (Lipinski definition) is 1. The molecule has 3 aromatic rings. The number of carbonyl (C=O) groups is 1. The van der Waals surface area contributed by atoms with Gasteiger partial charge in [-0.2, -0.15) is 0 Å². The number of thiazole rings is 1. The number of aromatic nitrogens is 1. The third-order valence-electron chi connectivity index (χ3n) is 4.07. The Balaban J connectivity index is 1.54. The van der Waals surface area contributed by atoms with Crippen LogP contribution in [0.2, 0.25) is 0 Å². The smallest absolute Gasteiger partial charge is 0.251 e. The molecule has 0 radical (unpaired) electrons. The number of amides is 1. The van der Waals surface area contributed by atoms with E-state index < -0.39 is 0 Å². The molecular formula is C21H22N2O4S. The van der Waals surface area contributed by atoms with Gasteiger partial charge in [-0.3, -0.25) is 4.79 Å². The topological polar surface area (TPSA) is 69.7 Å². The van der Waals surface area contributed by atoms with Crippen molar-refractivity contribution in [1.82, 2.24) is 10.3 Å². The predicted molar refractivity (Wildman–Crippen MR) is 108 cm³/mol. The van der Waals surface area contributed by atoms with E-state index in [1.165, 1.54) is 0 Å². The van der Waals surface area contributed by atoms with E-state index in [4.69, 9.17) is 14.2 Å². The van der Waals surface area contributed by atoms with Crippen LogP contribution in [0.5, 0.6) is 17.2 Å². The molecule has 28 heavy (non-hydrogen) atoms. The molecule has 0 aliphatic rings. The summed E-state index contributed by atoms with van der Waals surface area (Å²) in [6.45, 7) is 2.76. The highest BCUT2D eigenvalue weighted by atomic mass is 32.1. The fraction of sp³-hybridized carbons (Fsp3) is 0.238. The van der Waals surface area contributed by atoms with Crippen LogP contribution < -0.4 is 19.5 Å². The summed E-state index contributed by atoms with van der Waals surface area (Å²) in [6.07, 6.45) is 0. The Morgan fingerprint density at radius 2 is 1.82 bits per heavy atom. The largest absolute Gasteiger partial charge is 0.493 e. The molecule has 1 aromatic heterocycles. The first-order valence-electron chi connectivity index (χ1n) is 8.72. The summed E-state index contributed by atoms with van der Waals surface area (Å²) in [7, 11) is 3.17. The van der Waals surface area contributed by atoms with Crippen molar-refractivity contribution in [3.8, 4) is 17.2 Å². The third-order valence-corrected chi connectivity index (χ3v) is 4.89. The highest BCUT2D eigenvalue weighted by Gasteiger charge is 2.08. The van der Waals surface area contributed by atoms with Crippen molar-refractivity contribution in [2.24, 2.45) is 0 Å². The highest BCUT2D eigenvalue weighted by molar-refractivity contribution is 7.09. The van der Waals surface area contributed by atoms with E-state index in [0.717, 1.165) is 16.3 Å². The van der Waals surface area contributed by atoms with Crippen molar-refractivity contribution >= 4 is 17.2 Å². The third kappa shape index (κ3) is 5.01.